The van der Waals surface area contributed by atoms with Crippen LogP contribution in [-0.4, -0.2) is 27.7 Å². The minimum Gasteiger partial charge on any atom is -0.370 e. The summed E-state index contributed by atoms with van der Waals surface area (Å²) in [6.07, 6.45) is 8.75. The molecule has 1 saturated heterocycles. The predicted molar refractivity (Wildman–Crippen MR) is 89.3 cm³/mol. The van der Waals surface area contributed by atoms with Crippen LogP contribution >= 0.6 is 0 Å². The summed E-state index contributed by atoms with van der Waals surface area (Å²) in [4.78, 5) is 9.24. The molecule has 2 aliphatic rings. The Morgan fingerprint density at radius 1 is 1.30 bits per heavy atom. The van der Waals surface area contributed by atoms with E-state index in [1.54, 1.807) is 0 Å². The normalized spacial score (nSPS) is 24.6. The Labute approximate surface area is 137 Å². The van der Waals surface area contributed by atoms with Crippen LogP contribution in [0.1, 0.15) is 49.2 Å². The first-order valence-corrected chi connectivity index (χ1v) is 8.61. The largest absolute Gasteiger partial charge is 0.370 e. The van der Waals surface area contributed by atoms with Gasteiger partial charge in [-0.2, -0.15) is 0 Å². The van der Waals surface area contributed by atoms with Crippen molar-refractivity contribution in [2.75, 3.05) is 18.5 Å². The van der Waals surface area contributed by atoms with Gasteiger partial charge in [-0.25, -0.2) is 9.97 Å². The molecule has 23 heavy (non-hydrogen) atoms. The third-order valence-corrected chi connectivity index (χ3v) is 4.87. The van der Waals surface area contributed by atoms with Crippen molar-refractivity contribution in [1.82, 2.24) is 14.5 Å². The summed E-state index contributed by atoms with van der Waals surface area (Å²) in [7, 11) is 2.03. The second-order valence-electron chi connectivity index (χ2n) is 6.69. The van der Waals surface area contributed by atoms with Gasteiger partial charge in [0.1, 0.15) is 17.7 Å². The van der Waals surface area contributed by atoms with Crippen molar-refractivity contribution in [3.8, 4) is 0 Å². The summed E-state index contributed by atoms with van der Waals surface area (Å²) in [5, 5.41) is 3.52. The number of aryl methyl sites for hydroxylation is 1. The Morgan fingerprint density at radius 3 is 3.00 bits per heavy atom. The zero-order valence-corrected chi connectivity index (χ0v) is 13.6. The molecule has 0 spiro atoms. The highest BCUT2D eigenvalue weighted by Gasteiger charge is 2.30. The second-order valence-corrected chi connectivity index (χ2v) is 6.69. The highest BCUT2D eigenvalue weighted by atomic mass is 16.5. The number of anilines is 1. The van der Waals surface area contributed by atoms with Gasteiger partial charge in [0.05, 0.1) is 0 Å². The standard InChI is InChI=1S/C18H24N4O/c1-22-10-9-19-18(22)17-14(4-3-11-23-17)12-20-16-6-2-5-15(21-16)13-7-8-13/h2,5-6,9-10,13-14,17H,3-4,7-8,11-12H2,1H3,(H,20,21)/t14-,17+/m0/s1. The van der Waals surface area contributed by atoms with E-state index in [0.29, 0.717) is 11.8 Å². The third-order valence-electron chi connectivity index (χ3n) is 4.87. The molecule has 0 amide bonds. The van der Waals surface area contributed by atoms with Crippen LogP contribution in [-0.2, 0) is 11.8 Å². The van der Waals surface area contributed by atoms with Crippen LogP contribution in [0.4, 0.5) is 5.82 Å². The van der Waals surface area contributed by atoms with Crippen molar-refractivity contribution in [3.63, 3.8) is 0 Å². The molecule has 5 nitrogen and oxygen atoms in total. The lowest BCUT2D eigenvalue weighted by atomic mass is 9.93. The van der Waals surface area contributed by atoms with Crippen molar-refractivity contribution >= 4 is 5.82 Å². The molecule has 122 valence electrons. The van der Waals surface area contributed by atoms with Crippen LogP contribution in [0.5, 0.6) is 0 Å². The lowest BCUT2D eigenvalue weighted by Gasteiger charge is -2.31. The Kier molecular flexibility index (Phi) is 4.04. The van der Waals surface area contributed by atoms with Crippen molar-refractivity contribution in [2.45, 2.75) is 37.7 Å². The number of hydrogen-bond donors (Lipinski definition) is 1. The van der Waals surface area contributed by atoms with Crippen LogP contribution in [0.2, 0.25) is 0 Å². The molecule has 0 aromatic carbocycles. The van der Waals surface area contributed by atoms with E-state index in [2.05, 4.69) is 33.1 Å². The van der Waals surface area contributed by atoms with Crippen LogP contribution < -0.4 is 5.32 Å². The summed E-state index contributed by atoms with van der Waals surface area (Å²) in [5.41, 5.74) is 1.23. The molecule has 3 heterocycles. The second kappa shape index (κ2) is 6.32. The number of imidazole rings is 1. The molecule has 2 aromatic rings. The molecule has 1 aliphatic carbocycles. The number of nitrogens with one attached hydrogen (secondary N) is 1. The van der Waals surface area contributed by atoms with E-state index in [1.165, 1.54) is 18.5 Å². The van der Waals surface area contributed by atoms with Crippen molar-refractivity contribution in [2.24, 2.45) is 13.0 Å². The lowest BCUT2D eigenvalue weighted by Crippen LogP contribution is -2.30. The SMILES string of the molecule is Cn1ccnc1[C@@H]1OCCC[C@H]1CNc1cccc(C2CC2)n1. The minimum atomic E-state index is 0.0721. The molecule has 2 aromatic heterocycles. The van der Waals surface area contributed by atoms with E-state index in [4.69, 9.17) is 9.72 Å². The minimum absolute atomic E-state index is 0.0721. The maximum atomic E-state index is 6.03. The molecular weight excluding hydrogens is 288 g/mol. The summed E-state index contributed by atoms with van der Waals surface area (Å²) in [6.45, 7) is 1.70. The van der Waals surface area contributed by atoms with Crippen LogP contribution in [0, 0.1) is 5.92 Å². The van der Waals surface area contributed by atoms with Gasteiger partial charge in [0.25, 0.3) is 0 Å². The molecule has 1 N–H and O–H groups in total. The van der Waals surface area contributed by atoms with Gasteiger partial charge in [0.15, 0.2) is 0 Å². The summed E-state index contributed by atoms with van der Waals surface area (Å²) >= 11 is 0. The van der Waals surface area contributed by atoms with Gasteiger partial charge >= 0.3 is 0 Å². The Bertz CT molecular complexity index is 665. The Balaban J connectivity index is 1.44. The van der Waals surface area contributed by atoms with Gasteiger partial charge in [-0.3, -0.25) is 0 Å². The number of rotatable bonds is 5. The molecule has 2 fully saturated rings. The summed E-state index contributed by atoms with van der Waals surface area (Å²) in [5.74, 6) is 3.13. The third kappa shape index (κ3) is 3.24. The molecule has 4 rings (SSSR count). The number of aromatic nitrogens is 3. The predicted octanol–water partition coefficient (Wildman–Crippen LogP) is 3.27. The monoisotopic (exact) mass is 312 g/mol. The molecule has 0 bridgehead atoms. The highest BCUT2D eigenvalue weighted by molar-refractivity contribution is 5.37. The average molecular weight is 312 g/mol. The van der Waals surface area contributed by atoms with Crippen LogP contribution in [0.15, 0.2) is 30.6 Å². The van der Waals surface area contributed by atoms with Crippen LogP contribution in [0.25, 0.3) is 0 Å². The van der Waals surface area contributed by atoms with E-state index in [1.807, 2.05) is 19.4 Å². The topological polar surface area (TPSA) is 52.0 Å². The zero-order chi connectivity index (χ0) is 15.6. The number of hydrogen-bond acceptors (Lipinski definition) is 4. The Hall–Kier alpha value is -1.88. The van der Waals surface area contributed by atoms with Crippen molar-refractivity contribution < 1.29 is 4.74 Å². The summed E-state index contributed by atoms with van der Waals surface area (Å²) in [6, 6.07) is 6.31. The van der Waals surface area contributed by atoms with Crippen molar-refractivity contribution in [1.29, 1.82) is 0 Å². The maximum absolute atomic E-state index is 6.03. The molecule has 1 saturated carbocycles. The molecule has 2 atom stereocenters. The number of ether oxygens (including phenoxy) is 1. The van der Waals surface area contributed by atoms with Gasteiger partial charge < -0.3 is 14.6 Å². The van der Waals surface area contributed by atoms with E-state index < -0.39 is 0 Å². The van der Waals surface area contributed by atoms with Crippen molar-refractivity contribution in [3.05, 3.63) is 42.1 Å². The van der Waals surface area contributed by atoms with E-state index in [0.717, 1.165) is 37.6 Å². The van der Waals surface area contributed by atoms with Gasteiger partial charge in [0.2, 0.25) is 0 Å². The first-order chi connectivity index (χ1) is 11.3. The smallest absolute Gasteiger partial charge is 0.138 e. The van der Waals surface area contributed by atoms with E-state index in [-0.39, 0.29) is 6.10 Å². The van der Waals surface area contributed by atoms with Gasteiger partial charge in [-0.05, 0) is 37.8 Å². The van der Waals surface area contributed by atoms with Gasteiger partial charge in [-0.15, -0.1) is 0 Å². The molecule has 0 unspecified atom stereocenters. The number of nitrogens with zero attached hydrogens (tertiary/aromatic N) is 3. The van der Waals surface area contributed by atoms with E-state index in [9.17, 15) is 0 Å². The molecular formula is C18H24N4O. The lowest BCUT2D eigenvalue weighted by molar-refractivity contribution is -0.0305. The maximum Gasteiger partial charge on any atom is 0.138 e. The fourth-order valence-electron chi connectivity index (χ4n) is 3.38. The van der Waals surface area contributed by atoms with E-state index >= 15 is 0 Å². The van der Waals surface area contributed by atoms with Gasteiger partial charge in [0, 0.05) is 50.1 Å². The first kappa shape index (κ1) is 14.7. The zero-order valence-electron chi connectivity index (χ0n) is 13.6. The fourth-order valence-corrected chi connectivity index (χ4v) is 3.38. The average Bonchev–Trinajstić information content (AvgIpc) is 3.35. The molecule has 5 heteroatoms. The highest BCUT2D eigenvalue weighted by Crippen LogP contribution is 2.39. The Morgan fingerprint density at radius 2 is 2.22 bits per heavy atom. The molecule has 1 aliphatic heterocycles. The fraction of sp³-hybridized carbons (Fsp3) is 0.556. The number of pyridine rings is 1. The quantitative estimate of drug-likeness (QED) is 0.920. The summed E-state index contributed by atoms with van der Waals surface area (Å²) < 4.78 is 8.10. The molecule has 0 radical (unpaired) electrons. The van der Waals surface area contributed by atoms with Crippen LogP contribution in [0.3, 0.4) is 0 Å². The first-order valence-electron chi connectivity index (χ1n) is 8.61. The van der Waals surface area contributed by atoms with Gasteiger partial charge in [-0.1, -0.05) is 6.07 Å².